The number of carboxylic acid groups (broad SMARTS) is 1. The zero-order chi connectivity index (χ0) is 19.8. The van der Waals surface area contributed by atoms with E-state index in [9.17, 15) is 23.1 Å². The molecule has 0 unspecified atom stereocenters. The van der Waals surface area contributed by atoms with Crippen molar-refractivity contribution in [2.75, 3.05) is 16.4 Å². The number of carboxylic acids is 1. The molecule has 1 aromatic carbocycles. The third-order valence-electron chi connectivity index (χ3n) is 4.67. The van der Waals surface area contributed by atoms with Gasteiger partial charge in [-0.2, -0.15) is 4.99 Å². The highest BCUT2D eigenvalue weighted by molar-refractivity contribution is 8.16. The van der Waals surface area contributed by atoms with Crippen LogP contribution < -0.4 is 10.0 Å². The summed E-state index contributed by atoms with van der Waals surface area (Å²) in [5.74, 6) is -1.41. The Morgan fingerprint density at radius 2 is 1.89 bits per heavy atom. The molecule has 1 amide bonds. The third kappa shape index (κ3) is 4.52. The predicted molar refractivity (Wildman–Crippen MR) is 104 cm³/mol. The van der Waals surface area contributed by atoms with E-state index < -0.39 is 21.7 Å². The molecule has 0 N–H and O–H groups in total. The molecule has 2 atom stereocenters. The van der Waals surface area contributed by atoms with Gasteiger partial charge in [0.1, 0.15) is 0 Å². The maximum absolute atomic E-state index is 12.1. The van der Waals surface area contributed by atoms with Crippen LogP contribution in [0, 0.1) is 0 Å². The molecule has 0 bridgehead atoms. The van der Waals surface area contributed by atoms with Gasteiger partial charge in [0.2, 0.25) is 5.91 Å². The second-order valence-electron chi connectivity index (χ2n) is 7.08. The number of amides is 1. The molecule has 27 heavy (non-hydrogen) atoms. The first-order valence-electron chi connectivity index (χ1n) is 8.74. The molecule has 2 aliphatic heterocycles. The van der Waals surface area contributed by atoms with Crippen molar-refractivity contribution in [3.05, 3.63) is 29.8 Å². The number of hydrogen-bond donors (Lipinski definition) is 0. The van der Waals surface area contributed by atoms with E-state index in [1.165, 1.54) is 11.8 Å². The van der Waals surface area contributed by atoms with Crippen molar-refractivity contribution >= 4 is 44.3 Å². The predicted octanol–water partition coefficient (Wildman–Crippen LogP) is 0.942. The molecular formula is C18H21N2O5S2-. The fraction of sp³-hybridized carbons (Fsp3) is 0.500. The van der Waals surface area contributed by atoms with Gasteiger partial charge in [0, 0.05) is 23.3 Å². The number of fused-ring (bicyclic) bond motifs is 1. The average molecular weight is 410 g/mol. The Morgan fingerprint density at radius 1 is 1.22 bits per heavy atom. The monoisotopic (exact) mass is 409 g/mol. The topological polar surface area (TPSA) is 107 Å². The summed E-state index contributed by atoms with van der Waals surface area (Å²) in [6, 6.07) is 7.50. The molecule has 0 radical (unpaired) electrons. The molecule has 2 fully saturated rings. The van der Waals surface area contributed by atoms with Crippen molar-refractivity contribution in [2.24, 2.45) is 4.99 Å². The summed E-state index contributed by atoms with van der Waals surface area (Å²) in [6.07, 6.45) is -0.620. The number of thioether (sulfide) groups is 1. The summed E-state index contributed by atoms with van der Waals surface area (Å²) in [5.41, 5.74) is 1.94. The molecule has 0 aliphatic carbocycles. The normalized spacial score (nSPS) is 25.1. The highest BCUT2D eigenvalue weighted by Gasteiger charge is 2.49. The van der Waals surface area contributed by atoms with Crippen molar-refractivity contribution in [3.8, 4) is 0 Å². The Kier molecular flexibility index (Phi) is 5.62. The minimum atomic E-state index is -3.13. The molecule has 2 heterocycles. The van der Waals surface area contributed by atoms with Gasteiger partial charge < -0.3 is 14.8 Å². The van der Waals surface area contributed by atoms with Gasteiger partial charge in [-0.05, 0) is 30.0 Å². The molecule has 0 aromatic heterocycles. The van der Waals surface area contributed by atoms with Crippen LogP contribution in [-0.4, -0.2) is 48.3 Å². The van der Waals surface area contributed by atoms with E-state index in [1.807, 2.05) is 24.3 Å². The number of carbonyl (C=O) groups is 2. The van der Waals surface area contributed by atoms with E-state index in [2.05, 4.69) is 18.8 Å². The number of carbonyl (C=O) groups excluding carboxylic acids is 2. The van der Waals surface area contributed by atoms with Gasteiger partial charge in [-0.1, -0.05) is 37.7 Å². The lowest BCUT2D eigenvalue weighted by Crippen LogP contribution is -2.37. The number of rotatable bonds is 5. The van der Waals surface area contributed by atoms with E-state index in [0.717, 1.165) is 11.3 Å². The maximum atomic E-state index is 12.1. The fourth-order valence-electron chi connectivity index (χ4n) is 3.26. The zero-order valence-electron chi connectivity index (χ0n) is 15.1. The van der Waals surface area contributed by atoms with E-state index in [1.54, 1.807) is 4.90 Å². The van der Waals surface area contributed by atoms with Crippen LogP contribution in [0.3, 0.4) is 0 Å². The van der Waals surface area contributed by atoms with Crippen LogP contribution in [0.15, 0.2) is 29.3 Å². The minimum absolute atomic E-state index is 0.0167. The van der Waals surface area contributed by atoms with Crippen LogP contribution in [0.1, 0.15) is 38.2 Å². The molecule has 9 heteroatoms. The van der Waals surface area contributed by atoms with Gasteiger partial charge in [-0.25, -0.2) is 8.42 Å². The second kappa shape index (κ2) is 7.63. The highest BCUT2D eigenvalue weighted by atomic mass is 32.2. The van der Waals surface area contributed by atoms with Crippen LogP contribution in [0.25, 0.3) is 0 Å². The first-order chi connectivity index (χ1) is 12.7. The maximum Gasteiger partial charge on any atom is 0.248 e. The van der Waals surface area contributed by atoms with Crippen LogP contribution >= 0.6 is 11.8 Å². The van der Waals surface area contributed by atoms with Gasteiger partial charge in [0.25, 0.3) is 0 Å². The van der Waals surface area contributed by atoms with E-state index >= 15 is 0 Å². The van der Waals surface area contributed by atoms with Gasteiger partial charge in [0.05, 0.1) is 17.5 Å². The van der Waals surface area contributed by atoms with Gasteiger partial charge in [0.15, 0.2) is 15.0 Å². The van der Waals surface area contributed by atoms with E-state index in [4.69, 9.17) is 0 Å². The number of anilines is 1. The Labute approximate surface area is 162 Å². The van der Waals surface area contributed by atoms with E-state index in [0.29, 0.717) is 11.1 Å². The molecular weight excluding hydrogens is 388 g/mol. The average Bonchev–Trinajstić information content (AvgIpc) is 3.03. The van der Waals surface area contributed by atoms with Crippen molar-refractivity contribution in [3.63, 3.8) is 0 Å². The van der Waals surface area contributed by atoms with Crippen LogP contribution in [0.5, 0.6) is 0 Å². The standard InChI is InChI=1S/C18H22N2O5S2/c1-11(2)12-3-5-13(6-4-12)20-14-9-27(24,25)10-15(14)26-18(20)19-16(21)7-8-17(22)23/h3-6,11,14-15H,7-10H2,1-2H3,(H,22,23)/p-1/t14-,15+/m1/s1. The summed E-state index contributed by atoms with van der Waals surface area (Å²) in [4.78, 5) is 28.5. The number of benzene rings is 1. The van der Waals surface area contributed by atoms with Crippen LogP contribution in [0.4, 0.5) is 5.69 Å². The molecule has 0 saturated carbocycles. The van der Waals surface area contributed by atoms with Gasteiger partial charge >= 0.3 is 0 Å². The summed E-state index contributed by atoms with van der Waals surface area (Å²) in [7, 11) is -3.13. The molecule has 0 spiro atoms. The van der Waals surface area contributed by atoms with E-state index in [-0.39, 0.29) is 35.6 Å². The lowest BCUT2D eigenvalue weighted by atomic mass is 10.0. The minimum Gasteiger partial charge on any atom is -0.550 e. The highest BCUT2D eigenvalue weighted by Crippen LogP contribution is 2.41. The summed E-state index contributed by atoms with van der Waals surface area (Å²) >= 11 is 1.27. The number of hydrogen-bond acceptors (Lipinski definition) is 6. The molecule has 3 rings (SSSR count). The Hall–Kier alpha value is -1.87. The molecule has 146 valence electrons. The molecule has 2 saturated heterocycles. The van der Waals surface area contributed by atoms with Crippen molar-refractivity contribution in [1.82, 2.24) is 0 Å². The van der Waals surface area contributed by atoms with Crippen LogP contribution in [0.2, 0.25) is 0 Å². The summed E-state index contributed by atoms with van der Waals surface area (Å²) in [5, 5.41) is 10.8. The lowest BCUT2D eigenvalue weighted by Gasteiger charge is -2.25. The first kappa shape index (κ1) is 19.9. The number of aliphatic carboxylic acids is 1. The number of sulfone groups is 1. The summed E-state index contributed by atoms with van der Waals surface area (Å²) < 4.78 is 24.1. The first-order valence-corrected chi connectivity index (χ1v) is 11.4. The second-order valence-corrected chi connectivity index (χ2v) is 10.4. The SMILES string of the molecule is CC(C)c1ccc(N2C(=NC(=O)CCC(=O)[O-])S[C@H]3CS(=O)(=O)C[C@H]32)cc1. The van der Waals surface area contributed by atoms with Crippen LogP contribution in [-0.2, 0) is 19.4 Å². The summed E-state index contributed by atoms with van der Waals surface area (Å²) in [6.45, 7) is 4.17. The Morgan fingerprint density at radius 3 is 2.48 bits per heavy atom. The van der Waals surface area contributed by atoms with Gasteiger partial charge in [-0.3, -0.25) is 4.79 Å². The van der Waals surface area contributed by atoms with Gasteiger partial charge in [-0.15, -0.1) is 0 Å². The Balaban J connectivity index is 1.90. The molecule has 7 nitrogen and oxygen atoms in total. The number of amidine groups is 1. The van der Waals surface area contributed by atoms with Crippen molar-refractivity contribution < 1.29 is 23.1 Å². The smallest absolute Gasteiger partial charge is 0.248 e. The molecule has 1 aromatic rings. The number of aliphatic imine (C=N–C) groups is 1. The quantitative estimate of drug-likeness (QED) is 0.712. The Bertz CT molecular complexity index is 878. The lowest BCUT2D eigenvalue weighted by molar-refractivity contribution is -0.305. The third-order valence-corrected chi connectivity index (χ3v) is 7.88. The zero-order valence-corrected chi connectivity index (χ0v) is 16.8. The number of nitrogens with zero attached hydrogens (tertiary/aromatic N) is 2. The van der Waals surface area contributed by atoms with Crippen molar-refractivity contribution in [1.29, 1.82) is 0 Å². The molecule has 2 aliphatic rings. The fourth-order valence-corrected chi connectivity index (χ4v) is 7.19. The largest absolute Gasteiger partial charge is 0.550 e. The van der Waals surface area contributed by atoms with Crippen molar-refractivity contribution in [2.45, 2.75) is 43.9 Å².